The first kappa shape index (κ1) is 14.7. The Morgan fingerprint density at radius 1 is 1.38 bits per heavy atom. The van der Waals surface area contributed by atoms with Gasteiger partial charge >= 0.3 is 0 Å². The first-order valence-corrected chi connectivity index (χ1v) is 8.08. The SMILES string of the molecule is Cc1c(C(=O)NCc2ccc3c(c2)OCO3)sc2nc[nH]c(=O)c12. The quantitative estimate of drug-likeness (QED) is 0.758. The molecule has 0 saturated carbocycles. The second kappa shape index (κ2) is 5.64. The summed E-state index contributed by atoms with van der Waals surface area (Å²) in [5.74, 6) is 1.15. The molecule has 2 N–H and O–H groups in total. The molecule has 0 atom stereocenters. The number of carbonyl (C=O) groups excluding carboxylic acids is 1. The second-order valence-corrected chi connectivity index (χ2v) is 6.34. The average Bonchev–Trinajstić information content (AvgIpc) is 3.17. The number of nitrogens with zero attached hydrogens (tertiary/aromatic N) is 1. The smallest absolute Gasteiger partial charge is 0.261 e. The molecule has 122 valence electrons. The molecule has 0 unspecified atom stereocenters. The molecular weight excluding hydrogens is 330 g/mol. The number of hydrogen-bond donors (Lipinski definition) is 2. The van der Waals surface area contributed by atoms with Gasteiger partial charge in [-0.15, -0.1) is 11.3 Å². The van der Waals surface area contributed by atoms with E-state index in [2.05, 4.69) is 15.3 Å². The molecule has 1 aliphatic heterocycles. The van der Waals surface area contributed by atoms with E-state index in [1.54, 1.807) is 6.92 Å². The Morgan fingerprint density at radius 2 is 2.21 bits per heavy atom. The standard InChI is InChI=1S/C16H13N3O4S/c1-8-12-14(20)18-6-19-16(12)24-13(8)15(21)17-5-9-2-3-10-11(4-9)23-7-22-10/h2-4,6H,5,7H2,1H3,(H,17,21)(H,18,19,20). The Bertz CT molecular complexity index is 1010. The maximum absolute atomic E-state index is 12.5. The summed E-state index contributed by atoms with van der Waals surface area (Å²) in [5.41, 5.74) is 1.32. The molecule has 0 aliphatic carbocycles. The van der Waals surface area contributed by atoms with Crippen molar-refractivity contribution in [3.63, 3.8) is 0 Å². The van der Waals surface area contributed by atoms with Crippen molar-refractivity contribution < 1.29 is 14.3 Å². The van der Waals surface area contributed by atoms with Crippen LogP contribution in [0.2, 0.25) is 0 Å². The van der Waals surface area contributed by atoms with E-state index in [0.29, 0.717) is 38.7 Å². The Hall–Kier alpha value is -2.87. The van der Waals surface area contributed by atoms with Crippen molar-refractivity contribution >= 4 is 27.5 Å². The lowest BCUT2D eigenvalue weighted by atomic mass is 10.2. The molecule has 1 aliphatic rings. The number of fused-ring (bicyclic) bond motifs is 2. The number of rotatable bonds is 3. The van der Waals surface area contributed by atoms with Gasteiger partial charge in [-0.25, -0.2) is 4.98 Å². The van der Waals surface area contributed by atoms with E-state index in [1.165, 1.54) is 17.7 Å². The molecule has 0 radical (unpaired) electrons. The summed E-state index contributed by atoms with van der Waals surface area (Å²) in [4.78, 5) is 32.0. The summed E-state index contributed by atoms with van der Waals surface area (Å²) in [7, 11) is 0. The van der Waals surface area contributed by atoms with E-state index in [1.807, 2.05) is 18.2 Å². The first-order chi connectivity index (χ1) is 11.6. The average molecular weight is 343 g/mol. The van der Waals surface area contributed by atoms with Gasteiger partial charge < -0.3 is 19.8 Å². The molecular formula is C16H13N3O4S. The fourth-order valence-corrected chi connectivity index (χ4v) is 3.68. The Labute approximate surface area is 140 Å². The fraction of sp³-hybridized carbons (Fsp3) is 0.188. The van der Waals surface area contributed by atoms with Gasteiger partial charge in [0.15, 0.2) is 11.5 Å². The minimum Gasteiger partial charge on any atom is -0.454 e. The number of ether oxygens (including phenoxy) is 2. The molecule has 0 fully saturated rings. The van der Waals surface area contributed by atoms with Crippen LogP contribution < -0.4 is 20.3 Å². The molecule has 1 amide bonds. The van der Waals surface area contributed by atoms with E-state index >= 15 is 0 Å². The number of carbonyl (C=O) groups is 1. The number of aryl methyl sites for hydroxylation is 1. The van der Waals surface area contributed by atoms with Crippen LogP contribution in [0.5, 0.6) is 11.5 Å². The largest absolute Gasteiger partial charge is 0.454 e. The number of aromatic amines is 1. The van der Waals surface area contributed by atoms with E-state index in [9.17, 15) is 9.59 Å². The summed E-state index contributed by atoms with van der Waals surface area (Å²) in [5, 5.41) is 3.33. The van der Waals surface area contributed by atoms with Crippen LogP contribution in [0, 0.1) is 6.92 Å². The molecule has 3 aromatic rings. The van der Waals surface area contributed by atoms with Crippen molar-refractivity contribution in [2.24, 2.45) is 0 Å². The number of thiophene rings is 1. The van der Waals surface area contributed by atoms with Crippen LogP contribution in [0.15, 0.2) is 29.3 Å². The number of hydrogen-bond acceptors (Lipinski definition) is 6. The number of benzene rings is 1. The lowest BCUT2D eigenvalue weighted by Gasteiger charge is -2.05. The lowest BCUT2D eigenvalue weighted by molar-refractivity contribution is 0.0954. The Balaban J connectivity index is 1.55. The number of nitrogens with one attached hydrogen (secondary N) is 2. The summed E-state index contributed by atoms with van der Waals surface area (Å²) < 4.78 is 10.6. The molecule has 0 spiro atoms. The molecule has 1 aromatic carbocycles. The van der Waals surface area contributed by atoms with Crippen LogP contribution in [0.3, 0.4) is 0 Å². The van der Waals surface area contributed by atoms with Crippen molar-refractivity contribution in [1.29, 1.82) is 0 Å². The molecule has 8 heteroatoms. The van der Waals surface area contributed by atoms with Crippen molar-refractivity contribution in [2.45, 2.75) is 13.5 Å². The van der Waals surface area contributed by atoms with Crippen molar-refractivity contribution in [1.82, 2.24) is 15.3 Å². The Kier molecular flexibility index (Phi) is 3.46. The van der Waals surface area contributed by atoms with Crippen LogP contribution in [0.1, 0.15) is 20.8 Å². The van der Waals surface area contributed by atoms with E-state index in [4.69, 9.17) is 9.47 Å². The molecule has 2 aromatic heterocycles. The van der Waals surface area contributed by atoms with Gasteiger partial charge in [0, 0.05) is 6.54 Å². The number of amides is 1. The zero-order valence-corrected chi connectivity index (χ0v) is 13.5. The fourth-order valence-electron chi connectivity index (χ4n) is 2.61. The molecule has 4 rings (SSSR count). The van der Waals surface area contributed by atoms with Gasteiger partial charge in [0.1, 0.15) is 4.83 Å². The maximum atomic E-state index is 12.5. The molecule has 24 heavy (non-hydrogen) atoms. The minimum atomic E-state index is -0.233. The van der Waals surface area contributed by atoms with Crippen LogP contribution in [-0.2, 0) is 6.54 Å². The van der Waals surface area contributed by atoms with E-state index < -0.39 is 0 Å². The lowest BCUT2D eigenvalue weighted by Crippen LogP contribution is -2.22. The molecule has 7 nitrogen and oxygen atoms in total. The summed E-state index contributed by atoms with van der Waals surface area (Å²) in [6.07, 6.45) is 1.34. The normalized spacial score (nSPS) is 12.5. The highest BCUT2D eigenvalue weighted by Gasteiger charge is 2.18. The third-order valence-electron chi connectivity index (χ3n) is 3.83. The first-order valence-electron chi connectivity index (χ1n) is 7.27. The highest BCUT2D eigenvalue weighted by atomic mass is 32.1. The third-order valence-corrected chi connectivity index (χ3v) is 5.03. The molecule has 0 bridgehead atoms. The highest BCUT2D eigenvalue weighted by molar-refractivity contribution is 7.20. The minimum absolute atomic E-state index is 0.216. The van der Waals surface area contributed by atoms with Crippen LogP contribution in [-0.4, -0.2) is 22.7 Å². The van der Waals surface area contributed by atoms with E-state index in [0.717, 1.165) is 5.56 Å². The number of H-pyrrole nitrogens is 1. The van der Waals surface area contributed by atoms with Crippen molar-refractivity contribution in [3.8, 4) is 11.5 Å². The highest BCUT2D eigenvalue weighted by Crippen LogP contribution is 2.32. The van der Waals surface area contributed by atoms with Gasteiger partial charge in [0.2, 0.25) is 6.79 Å². The van der Waals surface area contributed by atoms with Crippen LogP contribution in [0.4, 0.5) is 0 Å². The van der Waals surface area contributed by atoms with Gasteiger partial charge in [0.25, 0.3) is 11.5 Å². The van der Waals surface area contributed by atoms with Gasteiger partial charge in [-0.3, -0.25) is 9.59 Å². The van der Waals surface area contributed by atoms with Crippen LogP contribution in [0.25, 0.3) is 10.2 Å². The Morgan fingerprint density at radius 3 is 3.04 bits per heavy atom. The van der Waals surface area contributed by atoms with Gasteiger partial charge in [-0.05, 0) is 30.2 Å². The van der Waals surface area contributed by atoms with Gasteiger partial charge in [0.05, 0.1) is 16.6 Å². The number of aromatic nitrogens is 2. The topological polar surface area (TPSA) is 93.3 Å². The van der Waals surface area contributed by atoms with Crippen molar-refractivity contribution in [2.75, 3.05) is 6.79 Å². The second-order valence-electron chi connectivity index (χ2n) is 5.34. The zero-order chi connectivity index (χ0) is 16.7. The predicted octanol–water partition coefficient (Wildman–Crippen LogP) is 1.95. The molecule has 3 heterocycles. The summed E-state index contributed by atoms with van der Waals surface area (Å²) in [6.45, 7) is 2.33. The third kappa shape index (κ3) is 2.41. The molecule has 0 saturated heterocycles. The van der Waals surface area contributed by atoms with E-state index in [-0.39, 0.29) is 18.3 Å². The summed E-state index contributed by atoms with van der Waals surface area (Å²) >= 11 is 1.21. The van der Waals surface area contributed by atoms with Crippen LogP contribution >= 0.6 is 11.3 Å². The van der Waals surface area contributed by atoms with Gasteiger partial charge in [-0.1, -0.05) is 6.07 Å². The maximum Gasteiger partial charge on any atom is 0.261 e. The summed E-state index contributed by atoms with van der Waals surface area (Å²) in [6, 6.07) is 5.53. The van der Waals surface area contributed by atoms with Gasteiger partial charge in [-0.2, -0.15) is 0 Å². The zero-order valence-electron chi connectivity index (χ0n) is 12.7. The van der Waals surface area contributed by atoms with Crippen molar-refractivity contribution in [3.05, 3.63) is 50.9 Å². The predicted molar refractivity (Wildman–Crippen MR) is 88.7 cm³/mol. The monoisotopic (exact) mass is 343 g/mol.